The van der Waals surface area contributed by atoms with Crippen molar-refractivity contribution in [1.82, 2.24) is 0 Å². The van der Waals surface area contributed by atoms with Gasteiger partial charge in [-0.15, -0.1) is 0 Å². The maximum absolute atomic E-state index is 11.6. The molecule has 0 spiro atoms. The minimum Gasteiger partial charge on any atom is -0.481 e. The molecule has 0 saturated carbocycles. The second-order valence-electron chi connectivity index (χ2n) is 4.45. The largest absolute Gasteiger partial charge is 0.481 e. The molecule has 0 bridgehead atoms. The molecule has 2 aromatic carbocycles. The minimum absolute atomic E-state index is 0.0429. The molecule has 2 N–H and O–H groups in total. The summed E-state index contributed by atoms with van der Waals surface area (Å²) in [5.74, 6) is -0.891. The Balaban J connectivity index is 1.83. The molecule has 0 unspecified atom stereocenters. The lowest BCUT2D eigenvalue weighted by Gasteiger charge is -2.07. The zero-order chi connectivity index (χ0) is 15.1. The van der Waals surface area contributed by atoms with Crippen molar-refractivity contribution in [1.29, 1.82) is 0 Å². The molecule has 5 heteroatoms. The van der Waals surface area contributed by atoms with Gasteiger partial charge in [0.1, 0.15) is 6.61 Å². The normalized spacial score (nSPS) is 9.90. The summed E-state index contributed by atoms with van der Waals surface area (Å²) in [5, 5.41) is 11.3. The minimum atomic E-state index is -0.891. The summed E-state index contributed by atoms with van der Waals surface area (Å²) in [4.78, 5) is 22.2. The van der Waals surface area contributed by atoms with Gasteiger partial charge in [0.15, 0.2) is 0 Å². The smallest absolute Gasteiger partial charge is 0.411 e. The number of carbonyl (C=O) groups excluding carboxylic acids is 1. The molecule has 1 amide bonds. The van der Waals surface area contributed by atoms with Crippen LogP contribution in [-0.4, -0.2) is 17.2 Å². The van der Waals surface area contributed by atoms with Crippen molar-refractivity contribution in [3.05, 3.63) is 65.7 Å². The number of aliphatic carboxylic acids is 1. The van der Waals surface area contributed by atoms with Crippen LogP contribution in [0.15, 0.2) is 54.6 Å². The van der Waals surface area contributed by atoms with Gasteiger partial charge < -0.3 is 9.84 Å². The van der Waals surface area contributed by atoms with Gasteiger partial charge in [-0.25, -0.2) is 4.79 Å². The van der Waals surface area contributed by atoms with Crippen LogP contribution in [0.5, 0.6) is 0 Å². The second kappa shape index (κ2) is 7.09. The molecular formula is C16H15NO4. The number of carboxylic acids is 1. The van der Waals surface area contributed by atoms with Crippen LogP contribution in [0.2, 0.25) is 0 Å². The van der Waals surface area contributed by atoms with Crippen molar-refractivity contribution in [3.8, 4) is 0 Å². The zero-order valence-electron chi connectivity index (χ0n) is 11.3. The maximum Gasteiger partial charge on any atom is 0.411 e. The van der Waals surface area contributed by atoms with Gasteiger partial charge in [0.05, 0.1) is 6.42 Å². The van der Waals surface area contributed by atoms with Crippen molar-refractivity contribution in [2.45, 2.75) is 13.0 Å². The van der Waals surface area contributed by atoms with Gasteiger partial charge in [-0.1, -0.05) is 42.5 Å². The lowest BCUT2D eigenvalue weighted by Crippen LogP contribution is -2.13. The van der Waals surface area contributed by atoms with E-state index in [9.17, 15) is 9.59 Å². The third kappa shape index (κ3) is 4.99. The molecular weight excluding hydrogens is 270 g/mol. The first-order valence-corrected chi connectivity index (χ1v) is 6.42. The van der Waals surface area contributed by atoms with E-state index in [-0.39, 0.29) is 13.0 Å². The summed E-state index contributed by atoms with van der Waals surface area (Å²) in [6, 6.07) is 16.0. The monoisotopic (exact) mass is 285 g/mol. The van der Waals surface area contributed by atoms with Crippen LogP contribution in [0.3, 0.4) is 0 Å². The standard InChI is InChI=1S/C16H15NO4/c18-15(19)10-12-6-8-14(9-7-12)17-16(20)21-11-13-4-2-1-3-5-13/h1-9H,10-11H2,(H,17,20)(H,18,19). The summed E-state index contributed by atoms with van der Waals surface area (Å²) < 4.78 is 5.08. The molecule has 0 aliphatic carbocycles. The van der Waals surface area contributed by atoms with Crippen LogP contribution in [0.4, 0.5) is 10.5 Å². The number of carbonyl (C=O) groups is 2. The first kappa shape index (κ1) is 14.6. The number of carboxylic acid groups (broad SMARTS) is 1. The predicted octanol–water partition coefficient (Wildman–Crippen LogP) is 3.06. The molecule has 0 atom stereocenters. The highest BCUT2D eigenvalue weighted by atomic mass is 16.5. The van der Waals surface area contributed by atoms with Gasteiger partial charge in [0.2, 0.25) is 0 Å². The summed E-state index contributed by atoms with van der Waals surface area (Å²) in [6.07, 6.45) is -0.594. The number of hydrogen-bond acceptors (Lipinski definition) is 3. The molecule has 5 nitrogen and oxygen atoms in total. The summed E-state index contributed by atoms with van der Waals surface area (Å²) in [7, 11) is 0. The Morgan fingerprint density at radius 3 is 2.24 bits per heavy atom. The fraction of sp³-hybridized carbons (Fsp3) is 0.125. The van der Waals surface area contributed by atoms with Crippen molar-refractivity contribution in [3.63, 3.8) is 0 Å². The van der Waals surface area contributed by atoms with E-state index < -0.39 is 12.1 Å². The van der Waals surface area contributed by atoms with Crippen molar-refractivity contribution in [2.24, 2.45) is 0 Å². The fourth-order valence-electron chi connectivity index (χ4n) is 1.76. The molecule has 21 heavy (non-hydrogen) atoms. The molecule has 0 fully saturated rings. The van der Waals surface area contributed by atoms with E-state index in [4.69, 9.17) is 9.84 Å². The van der Waals surface area contributed by atoms with Crippen LogP contribution in [0.1, 0.15) is 11.1 Å². The van der Waals surface area contributed by atoms with Crippen LogP contribution < -0.4 is 5.32 Å². The molecule has 0 aliphatic heterocycles. The highest BCUT2D eigenvalue weighted by Crippen LogP contribution is 2.11. The Bertz CT molecular complexity index is 608. The average Bonchev–Trinajstić information content (AvgIpc) is 2.48. The number of nitrogens with one attached hydrogen (secondary N) is 1. The number of anilines is 1. The zero-order valence-corrected chi connectivity index (χ0v) is 11.3. The van der Waals surface area contributed by atoms with Crippen LogP contribution in [-0.2, 0) is 22.6 Å². The molecule has 0 aromatic heterocycles. The highest BCUT2D eigenvalue weighted by Gasteiger charge is 2.05. The topological polar surface area (TPSA) is 75.6 Å². The molecule has 2 rings (SSSR count). The van der Waals surface area contributed by atoms with Crippen LogP contribution >= 0.6 is 0 Å². The third-order valence-electron chi connectivity index (χ3n) is 2.77. The quantitative estimate of drug-likeness (QED) is 0.885. The van der Waals surface area contributed by atoms with Gasteiger partial charge in [-0.3, -0.25) is 10.1 Å². The Morgan fingerprint density at radius 1 is 0.952 bits per heavy atom. The van der Waals surface area contributed by atoms with E-state index in [1.807, 2.05) is 30.3 Å². The van der Waals surface area contributed by atoms with Crippen LogP contribution in [0, 0.1) is 0 Å². The summed E-state index contributed by atoms with van der Waals surface area (Å²) in [5.41, 5.74) is 2.14. The lowest BCUT2D eigenvalue weighted by molar-refractivity contribution is -0.136. The van der Waals surface area contributed by atoms with Gasteiger partial charge in [0.25, 0.3) is 0 Å². The fourth-order valence-corrected chi connectivity index (χ4v) is 1.76. The van der Waals surface area contributed by atoms with E-state index in [1.54, 1.807) is 24.3 Å². The Hall–Kier alpha value is -2.82. The van der Waals surface area contributed by atoms with Crippen LogP contribution in [0.25, 0.3) is 0 Å². The van der Waals surface area contributed by atoms with E-state index in [0.717, 1.165) is 5.56 Å². The Labute approximate surface area is 122 Å². The second-order valence-corrected chi connectivity index (χ2v) is 4.45. The maximum atomic E-state index is 11.6. The van der Waals surface area contributed by atoms with E-state index in [0.29, 0.717) is 11.3 Å². The number of hydrogen-bond donors (Lipinski definition) is 2. The first-order valence-electron chi connectivity index (χ1n) is 6.42. The number of ether oxygens (including phenoxy) is 1. The van der Waals surface area contributed by atoms with Crippen molar-refractivity contribution < 1.29 is 19.4 Å². The van der Waals surface area contributed by atoms with Gasteiger partial charge >= 0.3 is 12.1 Å². The van der Waals surface area contributed by atoms with Gasteiger partial charge in [-0.05, 0) is 23.3 Å². The summed E-state index contributed by atoms with van der Waals surface area (Å²) >= 11 is 0. The van der Waals surface area contributed by atoms with E-state index in [2.05, 4.69) is 5.32 Å². The molecule has 0 radical (unpaired) electrons. The molecule has 0 heterocycles. The average molecular weight is 285 g/mol. The number of rotatable bonds is 5. The van der Waals surface area contributed by atoms with E-state index in [1.165, 1.54) is 0 Å². The Morgan fingerprint density at radius 2 is 1.62 bits per heavy atom. The Kier molecular flexibility index (Phi) is 4.93. The lowest BCUT2D eigenvalue weighted by atomic mass is 10.1. The van der Waals surface area contributed by atoms with Gasteiger partial charge in [0, 0.05) is 5.69 Å². The summed E-state index contributed by atoms with van der Waals surface area (Å²) in [6.45, 7) is 0.198. The van der Waals surface area contributed by atoms with Crippen molar-refractivity contribution in [2.75, 3.05) is 5.32 Å². The SMILES string of the molecule is O=C(O)Cc1ccc(NC(=O)OCc2ccccc2)cc1. The predicted molar refractivity (Wildman–Crippen MR) is 78.0 cm³/mol. The third-order valence-corrected chi connectivity index (χ3v) is 2.77. The first-order chi connectivity index (χ1) is 10.1. The van der Waals surface area contributed by atoms with E-state index >= 15 is 0 Å². The molecule has 2 aromatic rings. The van der Waals surface area contributed by atoms with Gasteiger partial charge in [-0.2, -0.15) is 0 Å². The van der Waals surface area contributed by atoms with Crippen molar-refractivity contribution >= 4 is 17.7 Å². The number of benzene rings is 2. The number of amides is 1. The highest BCUT2D eigenvalue weighted by molar-refractivity contribution is 5.84. The molecule has 108 valence electrons. The molecule has 0 aliphatic rings. The molecule has 0 saturated heterocycles.